The third kappa shape index (κ3) is 3.18. The zero-order valence-electron chi connectivity index (χ0n) is 8.48. The Kier molecular flexibility index (Phi) is 4.76. The molecule has 0 spiro atoms. The zero-order valence-corrected chi connectivity index (χ0v) is 10.8. The van der Waals surface area contributed by atoms with Crippen LogP contribution in [0.4, 0.5) is 5.69 Å². The van der Waals surface area contributed by atoms with Crippen LogP contribution >= 0.6 is 27.5 Å². The Morgan fingerprint density at radius 3 is 2.50 bits per heavy atom. The van der Waals surface area contributed by atoms with Crippen LogP contribution in [-0.4, -0.2) is 6.04 Å². The highest BCUT2D eigenvalue weighted by Crippen LogP contribution is 2.27. The van der Waals surface area contributed by atoms with Gasteiger partial charge in [0.25, 0.3) is 0 Å². The van der Waals surface area contributed by atoms with Gasteiger partial charge in [-0.1, -0.05) is 25.4 Å². The predicted octanol–water partition coefficient (Wildman–Crippen LogP) is 4.70. The number of halogens is 2. The highest BCUT2D eigenvalue weighted by atomic mass is 79.9. The molecular formula is C11H15BrClN. The van der Waals surface area contributed by atoms with Crippen LogP contribution in [-0.2, 0) is 0 Å². The molecule has 3 heteroatoms. The summed E-state index contributed by atoms with van der Waals surface area (Å²) in [5.41, 5.74) is 1.11. The lowest BCUT2D eigenvalue weighted by atomic mass is 10.1. The van der Waals surface area contributed by atoms with Crippen LogP contribution in [0, 0.1) is 0 Å². The van der Waals surface area contributed by atoms with Gasteiger partial charge < -0.3 is 5.32 Å². The molecule has 0 heterocycles. The molecule has 0 amide bonds. The van der Waals surface area contributed by atoms with Crippen LogP contribution in [0.1, 0.15) is 26.7 Å². The van der Waals surface area contributed by atoms with Crippen molar-refractivity contribution < 1.29 is 0 Å². The van der Waals surface area contributed by atoms with Gasteiger partial charge in [0.05, 0.1) is 0 Å². The van der Waals surface area contributed by atoms with Crippen LogP contribution < -0.4 is 5.32 Å². The van der Waals surface area contributed by atoms with E-state index in [9.17, 15) is 0 Å². The van der Waals surface area contributed by atoms with E-state index in [-0.39, 0.29) is 0 Å². The van der Waals surface area contributed by atoms with Gasteiger partial charge in [0, 0.05) is 21.2 Å². The summed E-state index contributed by atoms with van der Waals surface area (Å²) < 4.78 is 1.02. The lowest BCUT2D eigenvalue weighted by Gasteiger charge is -2.17. The van der Waals surface area contributed by atoms with E-state index in [0.717, 1.165) is 28.0 Å². The summed E-state index contributed by atoms with van der Waals surface area (Å²) in [7, 11) is 0. The topological polar surface area (TPSA) is 12.0 Å². The number of nitrogens with one attached hydrogen (secondary N) is 1. The smallest absolute Gasteiger partial charge is 0.0487 e. The van der Waals surface area contributed by atoms with Crippen LogP contribution in [0.25, 0.3) is 0 Å². The minimum atomic E-state index is 0.535. The summed E-state index contributed by atoms with van der Waals surface area (Å²) in [6, 6.07) is 6.35. The first kappa shape index (κ1) is 11.9. The molecule has 78 valence electrons. The molecule has 1 rings (SSSR count). The Hall–Kier alpha value is -0.210. The summed E-state index contributed by atoms with van der Waals surface area (Å²) in [6.07, 6.45) is 2.26. The van der Waals surface area contributed by atoms with Crippen molar-refractivity contribution in [2.24, 2.45) is 0 Å². The molecule has 1 N–H and O–H groups in total. The lowest BCUT2D eigenvalue weighted by Crippen LogP contribution is -2.17. The van der Waals surface area contributed by atoms with E-state index in [2.05, 4.69) is 35.1 Å². The van der Waals surface area contributed by atoms with E-state index >= 15 is 0 Å². The Morgan fingerprint density at radius 2 is 2.00 bits per heavy atom. The van der Waals surface area contributed by atoms with Gasteiger partial charge in [-0.2, -0.15) is 0 Å². The third-order valence-corrected chi connectivity index (χ3v) is 3.17. The molecule has 0 radical (unpaired) electrons. The second-order valence-corrected chi connectivity index (χ2v) is 4.57. The third-order valence-electron chi connectivity index (χ3n) is 2.28. The Balaban J connectivity index is 2.76. The Bertz CT molecular complexity index is 297. The van der Waals surface area contributed by atoms with E-state index in [1.54, 1.807) is 0 Å². The molecule has 0 unspecified atom stereocenters. The van der Waals surface area contributed by atoms with Crippen LogP contribution in [0.2, 0.25) is 5.02 Å². The number of anilines is 1. The maximum atomic E-state index is 5.86. The van der Waals surface area contributed by atoms with Crippen LogP contribution in [0.5, 0.6) is 0 Å². The normalized spacial score (nSPS) is 10.6. The first-order valence-electron chi connectivity index (χ1n) is 4.89. The van der Waals surface area contributed by atoms with Gasteiger partial charge in [0.1, 0.15) is 0 Å². The second-order valence-electron chi connectivity index (χ2n) is 3.28. The summed E-state index contributed by atoms with van der Waals surface area (Å²) in [5, 5.41) is 4.22. The Morgan fingerprint density at radius 1 is 1.36 bits per heavy atom. The molecule has 0 saturated carbocycles. The second kappa shape index (κ2) is 5.62. The van der Waals surface area contributed by atoms with Crippen molar-refractivity contribution in [3.8, 4) is 0 Å². The van der Waals surface area contributed by atoms with E-state index in [1.807, 2.05) is 18.2 Å². The quantitative estimate of drug-likeness (QED) is 0.840. The van der Waals surface area contributed by atoms with Crippen molar-refractivity contribution in [3.05, 3.63) is 27.7 Å². The molecule has 1 nitrogen and oxygen atoms in total. The molecule has 1 aromatic carbocycles. The van der Waals surface area contributed by atoms with Gasteiger partial charge in [-0.25, -0.2) is 0 Å². The lowest BCUT2D eigenvalue weighted by molar-refractivity contribution is 0.671. The zero-order chi connectivity index (χ0) is 10.6. The molecule has 0 bridgehead atoms. The van der Waals surface area contributed by atoms with E-state index in [4.69, 9.17) is 11.6 Å². The molecule has 0 atom stereocenters. The number of rotatable bonds is 4. The van der Waals surface area contributed by atoms with Crippen molar-refractivity contribution in [1.29, 1.82) is 0 Å². The SMILES string of the molecule is CCC(CC)Nc1ccc(Cl)cc1Br. The molecule has 1 aromatic rings. The maximum Gasteiger partial charge on any atom is 0.0487 e. The summed E-state index contributed by atoms with van der Waals surface area (Å²) in [5.74, 6) is 0. The van der Waals surface area contributed by atoms with E-state index < -0.39 is 0 Å². The van der Waals surface area contributed by atoms with Crippen molar-refractivity contribution in [1.82, 2.24) is 0 Å². The van der Waals surface area contributed by atoms with Crippen LogP contribution in [0.3, 0.4) is 0 Å². The van der Waals surface area contributed by atoms with E-state index in [0.29, 0.717) is 6.04 Å². The highest BCUT2D eigenvalue weighted by molar-refractivity contribution is 9.10. The molecule has 14 heavy (non-hydrogen) atoms. The minimum Gasteiger partial charge on any atom is -0.381 e. The standard InChI is InChI=1S/C11H15BrClN/c1-3-9(4-2)14-11-6-5-8(13)7-10(11)12/h5-7,9,14H,3-4H2,1-2H3. The molecule has 0 fully saturated rings. The van der Waals surface area contributed by atoms with Gasteiger partial charge in [-0.05, 0) is 47.0 Å². The number of hydrogen-bond acceptors (Lipinski definition) is 1. The molecule has 0 aromatic heterocycles. The first-order valence-corrected chi connectivity index (χ1v) is 6.06. The fourth-order valence-electron chi connectivity index (χ4n) is 1.32. The average Bonchev–Trinajstić information content (AvgIpc) is 2.17. The van der Waals surface area contributed by atoms with Crippen molar-refractivity contribution in [2.75, 3.05) is 5.32 Å². The first-order chi connectivity index (χ1) is 6.67. The highest BCUT2D eigenvalue weighted by Gasteiger charge is 2.05. The molecule has 0 aliphatic carbocycles. The van der Waals surface area contributed by atoms with Crippen molar-refractivity contribution in [3.63, 3.8) is 0 Å². The van der Waals surface area contributed by atoms with Gasteiger partial charge in [-0.3, -0.25) is 0 Å². The van der Waals surface area contributed by atoms with Gasteiger partial charge in [0.2, 0.25) is 0 Å². The fraction of sp³-hybridized carbons (Fsp3) is 0.455. The van der Waals surface area contributed by atoms with Gasteiger partial charge in [0.15, 0.2) is 0 Å². The average molecular weight is 277 g/mol. The minimum absolute atomic E-state index is 0.535. The fourth-order valence-corrected chi connectivity index (χ4v) is 2.12. The van der Waals surface area contributed by atoms with Crippen LogP contribution in [0.15, 0.2) is 22.7 Å². The molecular weight excluding hydrogens is 261 g/mol. The maximum absolute atomic E-state index is 5.86. The molecule has 0 aliphatic rings. The number of benzene rings is 1. The predicted molar refractivity (Wildman–Crippen MR) is 67.1 cm³/mol. The number of hydrogen-bond donors (Lipinski definition) is 1. The van der Waals surface area contributed by atoms with Crippen molar-refractivity contribution >= 4 is 33.2 Å². The monoisotopic (exact) mass is 275 g/mol. The Labute approximate surface area is 99.0 Å². The molecule has 0 saturated heterocycles. The van der Waals surface area contributed by atoms with Gasteiger partial charge in [-0.15, -0.1) is 0 Å². The summed E-state index contributed by atoms with van der Waals surface area (Å²) in [4.78, 5) is 0. The summed E-state index contributed by atoms with van der Waals surface area (Å²) >= 11 is 9.35. The largest absolute Gasteiger partial charge is 0.381 e. The van der Waals surface area contributed by atoms with E-state index in [1.165, 1.54) is 0 Å². The van der Waals surface area contributed by atoms with Gasteiger partial charge >= 0.3 is 0 Å². The molecule has 0 aliphatic heterocycles. The summed E-state index contributed by atoms with van der Waals surface area (Å²) in [6.45, 7) is 4.37. The van der Waals surface area contributed by atoms with Crippen molar-refractivity contribution in [2.45, 2.75) is 32.7 Å².